The van der Waals surface area contributed by atoms with E-state index in [0.29, 0.717) is 36.0 Å². The van der Waals surface area contributed by atoms with Gasteiger partial charge in [-0.2, -0.15) is 0 Å². The van der Waals surface area contributed by atoms with Crippen LogP contribution in [0.1, 0.15) is 16.8 Å². The molecule has 1 N–H and O–H groups in total. The molecule has 0 aliphatic carbocycles. The molecule has 1 amide bonds. The van der Waals surface area contributed by atoms with Crippen LogP contribution in [0, 0.1) is 0 Å². The molecule has 1 aliphatic heterocycles. The van der Waals surface area contributed by atoms with Crippen LogP contribution in [0.25, 0.3) is 0 Å². The van der Waals surface area contributed by atoms with Crippen molar-refractivity contribution in [3.05, 3.63) is 17.7 Å². The van der Waals surface area contributed by atoms with Gasteiger partial charge in [-0.05, 0) is 12.1 Å². The van der Waals surface area contributed by atoms with Crippen molar-refractivity contribution in [3.8, 4) is 17.2 Å². The highest BCUT2D eigenvalue weighted by Crippen LogP contribution is 2.38. The zero-order valence-electron chi connectivity index (χ0n) is 13.9. The van der Waals surface area contributed by atoms with Crippen molar-refractivity contribution in [2.75, 3.05) is 41.0 Å². The van der Waals surface area contributed by atoms with E-state index in [1.807, 2.05) is 0 Å². The molecule has 0 spiro atoms. The molecule has 132 valence electrons. The number of methoxy groups -OCH3 is 3. The fourth-order valence-electron chi connectivity index (χ4n) is 2.61. The highest BCUT2D eigenvalue weighted by Gasteiger charge is 2.28. The molecular formula is C16H21NO7. The molecule has 0 aromatic heterocycles. The predicted molar refractivity (Wildman–Crippen MR) is 84.0 cm³/mol. The standard InChI is InChI=1S/C16H21NO7/c1-21-12-6-10(7-13(22-2)15(12)23-3)16(20)17-4-5-24-11(9-17)8-14(18)19/h6-7,11H,4-5,8-9H2,1-3H3,(H,18,19). The number of benzene rings is 1. The fourth-order valence-corrected chi connectivity index (χ4v) is 2.61. The number of aliphatic carboxylic acids is 1. The lowest BCUT2D eigenvalue weighted by Gasteiger charge is -2.32. The Labute approximate surface area is 139 Å². The summed E-state index contributed by atoms with van der Waals surface area (Å²) in [6.45, 7) is 0.918. The number of amides is 1. The Kier molecular flexibility index (Phi) is 5.86. The van der Waals surface area contributed by atoms with Gasteiger partial charge in [0, 0.05) is 18.7 Å². The monoisotopic (exact) mass is 339 g/mol. The third kappa shape index (κ3) is 3.88. The van der Waals surface area contributed by atoms with Gasteiger partial charge in [0.25, 0.3) is 5.91 Å². The minimum atomic E-state index is -0.956. The van der Waals surface area contributed by atoms with E-state index < -0.39 is 12.1 Å². The summed E-state index contributed by atoms with van der Waals surface area (Å²) in [7, 11) is 4.44. The number of carbonyl (C=O) groups is 2. The average molecular weight is 339 g/mol. The molecule has 1 aromatic rings. The maximum atomic E-state index is 12.7. The van der Waals surface area contributed by atoms with Gasteiger partial charge in [0.15, 0.2) is 11.5 Å². The van der Waals surface area contributed by atoms with E-state index in [1.54, 1.807) is 17.0 Å². The molecule has 1 fully saturated rings. The number of hydrogen-bond acceptors (Lipinski definition) is 6. The van der Waals surface area contributed by atoms with Crippen LogP contribution in [0.15, 0.2) is 12.1 Å². The summed E-state index contributed by atoms with van der Waals surface area (Å²) in [5.74, 6) is -0.0246. The molecule has 1 aromatic carbocycles. The van der Waals surface area contributed by atoms with Crippen molar-refractivity contribution >= 4 is 11.9 Å². The van der Waals surface area contributed by atoms with Gasteiger partial charge in [-0.1, -0.05) is 0 Å². The first-order chi connectivity index (χ1) is 11.5. The van der Waals surface area contributed by atoms with Gasteiger partial charge in [-0.15, -0.1) is 0 Å². The van der Waals surface area contributed by atoms with E-state index in [1.165, 1.54) is 21.3 Å². The predicted octanol–water partition coefficient (Wildman–Crippen LogP) is 1.03. The first-order valence-electron chi connectivity index (χ1n) is 7.42. The van der Waals surface area contributed by atoms with Crippen LogP contribution in [0.2, 0.25) is 0 Å². The first-order valence-corrected chi connectivity index (χ1v) is 7.42. The molecular weight excluding hydrogens is 318 g/mol. The normalized spacial score (nSPS) is 17.3. The summed E-state index contributed by atoms with van der Waals surface area (Å²) in [5.41, 5.74) is 0.375. The molecule has 0 bridgehead atoms. The molecule has 8 heteroatoms. The van der Waals surface area contributed by atoms with Crippen LogP contribution in [0.4, 0.5) is 0 Å². The molecule has 0 saturated carbocycles. The van der Waals surface area contributed by atoms with Crippen LogP contribution < -0.4 is 14.2 Å². The second kappa shape index (κ2) is 7.87. The van der Waals surface area contributed by atoms with Crippen LogP contribution >= 0.6 is 0 Å². The van der Waals surface area contributed by atoms with Crippen molar-refractivity contribution in [2.45, 2.75) is 12.5 Å². The summed E-state index contributed by atoms with van der Waals surface area (Å²) in [6.07, 6.45) is -0.652. The van der Waals surface area contributed by atoms with Gasteiger partial charge >= 0.3 is 5.97 Å². The van der Waals surface area contributed by atoms with Crippen LogP contribution in [-0.2, 0) is 9.53 Å². The number of rotatable bonds is 6. The lowest BCUT2D eigenvalue weighted by atomic mass is 10.1. The van der Waals surface area contributed by atoms with Gasteiger partial charge in [0.1, 0.15) is 0 Å². The largest absolute Gasteiger partial charge is 0.493 e. The van der Waals surface area contributed by atoms with Gasteiger partial charge < -0.3 is 29.0 Å². The maximum absolute atomic E-state index is 12.7. The molecule has 1 atom stereocenters. The van der Waals surface area contributed by atoms with Gasteiger partial charge in [-0.25, -0.2) is 0 Å². The molecule has 8 nitrogen and oxygen atoms in total. The zero-order valence-corrected chi connectivity index (χ0v) is 13.9. The van der Waals surface area contributed by atoms with Crippen molar-refractivity contribution in [2.24, 2.45) is 0 Å². The van der Waals surface area contributed by atoms with Crippen molar-refractivity contribution in [3.63, 3.8) is 0 Å². The molecule has 1 heterocycles. The molecule has 0 radical (unpaired) electrons. The minimum absolute atomic E-state index is 0.140. The van der Waals surface area contributed by atoms with E-state index in [4.69, 9.17) is 24.1 Å². The summed E-state index contributed by atoms with van der Waals surface area (Å²) in [4.78, 5) is 25.1. The lowest BCUT2D eigenvalue weighted by molar-refractivity contribution is -0.141. The van der Waals surface area contributed by atoms with E-state index in [9.17, 15) is 9.59 Å². The second-order valence-corrected chi connectivity index (χ2v) is 5.26. The number of ether oxygens (including phenoxy) is 4. The van der Waals surface area contributed by atoms with Crippen molar-refractivity contribution in [1.82, 2.24) is 4.90 Å². The topological polar surface area (TPSA) is 94.5 Å². The number of carbonyl (C=O) groups excluding carboxylic acids is 1. The minimum Gasteiger partial charge on any atom is -0.493 e. The average Bonchev–Trinajstić information content (AvgIpc) is 2.59. The Morgan fingerprint density at radius 3 is 2.33 bits per heavy atom. The Morgan fingerprint density at radius 1 is 1.21 bits per heavy atom. The van der Waals surface area contributed by atoms with E-state index in [-0.39, 0.29) is 18.9 Å². The molecule has 2 rings (SSSR count). The summed E-state index contributed by atoms with van der Waals surface area (Å²) < 4.78 is 21.1. The summed E-state index contributed by atoms with van der Waals surface area (Å²) in [5, 5.41) is 8.87. The van der Waals surface area contributed by atoms with Crippen molar-refractivity contribution in [1.29, 1.82) is 0 Å². The van der Waals surface area contributed by atoms with E-state index in [0.717, 1.165) is 0 Å². The highest BCUT2D eigenvalue weighted by atomic mass is 16.5. The smallest absolute Gasteiger partial charge is 0.306 e. The first kappa shape index (κ1) is 17.9. The van der Waals surface area contributed by atoms with Crippen LogP contribution in [0.5, 0.6) is 17.2 Å². The zero-order chi connectivity index (χ0) is 17.7. The van der Waals surface area contributed by atoms with Crippen LogP contribution in [-0.4, -0.2) is 69.0 Å². The second-order valence-electron chi connectivity index (χ2n) is 5.26. The SMILES string of the molecule is COc1cc(C(=O)N2CCOC(CC(=O)O)C2)cc(OC)c1OC. The Bertz CT molecular complexity index is 591. The Balaban J connectivity index is 2.24. The van der Waals surface area contributed by atoms with Gasteiger partial charge in [0.2, 0.25) is 5.75 Å². The van der Waals surface area contributed by atoms with E-state index >= 15 is 0 Å². The molecule has 24 heavy (non-hydrogen) atoms. The molecule has 1 aliphatic rings. The summed E-state index contributed by atoms with van der Waals surface area (Å²) >= 11 is 0. The van der Waals surface area contributed by atoms with Crippen LogP contribution in [0.3, 0.4) is 0 Å². The maximum Gasteiger partial charge on any atom is 0.306 e. The molecule has 1 unspecified atom stereocenters. The Hall–Kier alpha value is -2.48. The summed E-state index contributed by atoms with van der Waals surface area (Å²) in [6, 6.07) is 3.15. The lowest BCUT2D eigenvalue weighted by Crippen LogP contribution is -2.46. The number of carboxylic acids is 1. The Morgan fingerprint density at radius 2 is 1.83 bits per heavy atom. The van der Waals surface area contributed by atoms with Crippen molar-refractivity contribution < 1.29 is 33.6 Å². The fraction of sp³-hybridized carbons (Fsp3) is 0.500. The van der Waals surface area contributed by atoms with E-state index in [2.05, 4.69) is 0 Å². The third-order valence-electron chi connectivity index (χ3n) is 3.74. The van der Waals surface area contributed by atoms with Gasteiger partial charge in [0.05, 0.1) is 40.5 Å². The third-order valence-corrected chi connectivity index (χ3v) is 3.74. The highest BCUT2D eigenvalue weighted by molar-refractivity contribution is 5.95. The number of morpholine rings is 1. The quantitative estimate of drug-likeness (QED) is 0.827. The number of hydrogen-bond donors (Lipinski definition) is 1. The number of nitrogens with zero attached hydrogens (tertiary/aromatic N) is 1. The molecule has 1 saturated heterocycles. The van der Waals surface area contributed by atoms with Gasteiger partial charge in [-0.3, -0.25) is 9.59 Å². The number of carboxylic acid groups (broad SMARTS) is 1.